The van der Waals surface area contributed by atoms with E-state index in [1.807, 2.05) is 6.07 Å². The molecule has 1 aliphatic rings. The van der Waals surface area contributed by atoms with E-state index >= 15 is 4.39 Å². The molecule has 4 rings (SSSR count). The summed E-state index contributed by atoms with van der Waals surface area (Å²) in [6, 6.07) is 11.8. The number of aromatic nitrogens is 2. The summed E-state index contributed by atoms with van der Waals surface area (Å²) in [7, 11) is 0. The summed E-state index contributed by atoms with van der Waals surface area (Å²) in [6.07, 6.45) is -0.500. The van der Waals surface area contributed by atoms with E-state index in [2.05, 4.69) is 15.7 Å². The Labute approximate surface area is 245 Å². The highest BCUT2D eigenvalue weighted by atomic mass is 19.1. The van der Waals surface area contributed by atoms with Gasteiger partial charge in [-0.15, -0.1) is 0 Å². The first kappa shape index (κ1) is 30.5. The maximum absolute atomic E-state index is 15.1. The zero-order valence-electron chi connectivity index (χ0n) is 25.1. The molecule has 0 fully saturated rings. The van der Waals surface area contributed by atoms with Gasteiger partial charge in [0.2, 0.25) is 0 Å². The number of hydrogen-bond donors (Lipinski definition) is 2. The van der Waals surface area contributed by atoms with Crippen LogP contribution in [0.3, 0.4) is 0 Å². The maximum Gasteiger partial charge on any atom is 0.410 e. The second kappa shape index (κ2) is 11.8. The largest absolute Gasteiger partial charge is 0.444 e. The van der Waals surface area contributed by atoms with Gasteiger partial charge < -0.3 is 25.0 Å². The fraction of sp³-hybridized carbons (Fsp3) is 0.419. The maximum atomic E-state index is 15.1. The number of nitrogens with zero attached hydrogens (tertiary/aromatic N) is 3. The first-order valence-electron chi connectivity index (χ1n) is 13.8. The Hall–Kier alpha value is -4.41. The van der Waals surface area contributed by atoms with E-state index in [4.69, 9.17) is 9.47 Å². The second-order valence-corrected chi connectivity index (χ2v) is 12.3. The summed E-state index contributed by atoms with van der Waals surface area (Å²) < 4.78 is 27.3. The third-order valence-corrected chi connectivity index (χ3v) is 6.26. The van der Waals surface area contributed by atoms with Crippen molar-refractivity contribution in [2.24, 2.45) is 0 Å². The summed E-state index contributed by atoms with van der Waals surface area (Å²) in [4.78, 5) is 39.6. The van der Waals surface area contributed by atoms with Crippen LogP contribution in [0.4, 0.5) is 19.7 Å². The molecule has 0 spiro atoms. The van der Waals surface area contributed by atoms with Gasteiger partial charge in [0.05, 0.1) is 17.1 Å². The van der Waals surface area contributed by atoms with Crippen LogP contribution in [-0.4, -0.2) is 50.5 Å². The molecule has 2 aromatic carbocycles. The van der Waals surface area contributed by atoms with Crippen molar-refractivity contribution in [2.45, 2.75) is 79.2 Å². The zero-order chi connectivity index (χ0) is 30.8. The average Bonchev–Trinajstić information content (AvgIpc) is 3.27. The second-order valence-electron chi connectivity index (χ2n) is 12.3. The van der Waals surface area contributed by atoms with E-state index in [1.54, 1.807) is 83.7 Å². The van der Waals surface area contributed by atoms with Crippen molar-refractivity contribution in [3.8, 4) is 5.69 Å². The van der Waals surface area contributed by atoms with Gasteiger partial charge in [-0.05, 0) is 102 Å². The Morgan fingerprint density at radius 3 is 2.38 bits per heavy atom. The van der Waals surface area contributed by atoms with Gasteiger partial charge in [0.15, 0.2) is 0 Å². The van der Waals surface area contributed by atoms with Crippen LogP contribution < -0.4 is 10.6 Å². The molecule has 2 N–H and O–H groups in total. The van der Waals surface area contributed by atoms with Gasteiger partial charge in [0.25, 0.3) is 5.91 Å². The van der Waals surface area contributed by atoms with Crippen molar-refractivity contribution in [1.29, 1.82) is 0 Å². The van der Waals surface area contributed by atoms with Crippen LogP contribution in [0.1, 0.15) is 74.4 Å². The quantitative estimate of drug-likeness (QED) is 0.390. The molecule has 42 heavy (non-hydrogen) atoms. The standard InChI is InChI=1S/C31H38FN5O5/c1-19-13-26(37(35-19)23-10-8-9-20(14-23)17-33-28(39)41-30(2,3)4)27(38)34-25-16-22-18-36(29(40)42-31(5,6)7)12-11-21(22)15-24(25)32/h8-10,13-16H,11-12,17-18H2,1-7H3,(H,33,39)(H,34,38). The van der Waals surface area contributed by atoms with Crippen molar-refractivity contribution < 1.29 is 28.2 Å². The highest BCUT2D eigenvalue weighted by molar-refractivity contribution is 6.03. The van der Waals surface area contributed by atoms with E-state index in [0.29, 0.717) is 24.3 Å². The lowest BCUT2D eigenvalue weighted by Gasteiger charge is -2.31. The van der Waals surface area contributed by atoms with Crippen LogP contribution in [-0.2, 0) is 29.0 Å². The minimum Gasteiger partial charge on any atom is -0.444 e. The predicted octanol–water partition coefficient (Wildman–Crippen LogP) is 5.89. The van der Waals surface area contributed by atoms with Gasteiger partial charge in [-0.3, -0.25) is 4.79 Å². The monoisotopic (exact) mass is 579 g/mol. The summed E-state index contributed by atoms with van der Waals surface area (Å²) in [6.45, 7) is 13.4. The molecule has 0 saturated carbocycles. The third-order valence-electron chi connectivity index (χ3n) is 6.26. The highest BCUT2D eigenvalue weighted by Gasteiger charge is 2.27. The number of fused-ring (bicyclic) bond motifs is 1. The van der Waals surface area contributed by atoms with E-state index in [9.17, 15) is 14.4 Å². The fourth-order valence-electron chi connectivity index (χ4n) is 4.49. The average molecular weight is 580 g/mol. The van der Waals surface area contributed by atoms with Crippen LogP contribution in [0.15, 0.2) is 42.5 Å². The molecular weight excluding hydrogens is 541 g/mol. The Bertz CT molecular complexity index is 1500. The Balaban J connectivity index is 1.51. The number of anilines is 1. The van der Waals surface area contributed by atoms with Gasteiger partial charge in [0, 0.05) is 19.6 Å². The number of nitrogens with one attached hydrogen (secondary N) is 2. The molecule has 0 saturated heterocycles. The van der Waals surface area contributed by atoms with Gasteiger partial charge in [-0.1, -0.05) is 12.1 Å². The van der Waals surface area contributed by atoms with Gasteiger partial charge >= 0.3 is 12.2 Å². The minimum absolute atomic E-state index is 0.00510. The normalized spacial score (nSPS) is 13.3. The van der Waals surface area contributed by atoms with Crippen molar-refractivity contribution in [1.82, 2.24) is 20.0 Å². The minimum atomic E-state index is -0.630. The molecule has 0 aliphatic carbocycles. The molecule has 10 nitrogen and oxygen atoms in total. The molecule has 1 aromatic heterocycles. The topological polar surface area (TPSA) is 115 Å². The van der Waals surface area contributed by atoms with E-state index in [0.717, 1.165) is 16.7 Å². The Morgan fingerprint density at radius 1 is 0.976 bits per heavy atom. The molecule has 1 aliphatic heterocycles. The number of rotatable bonds is 5. The molecule has 3 aromatic rings. The summed E-state index contributed by atoms with van der Waals surface area (Å²) in [5, 5.41) is 9.86. The van der Waals surface area contributed by atoms with E-state index < -0.39 is 35.1 Å². The molecule has 0 atom stereocenters. The Kier molecular flexibility index (Phi) is 8.60. The predicted molar refractivity (Wildman–Crippen MR) is 156 cm³/mol. The number of carbonyl (C=O) groups excluding carboxylic acids is 3. The number of hydrogen-bond acceptors (Lipinski definition) is 6. The van der Waals surface area contributed by atoms with Crippen molar-refractivity contribution in [3.63, 3.8) is 0 Å². The van der Waals surface area contributed by atoms with Crippen molar-refractivity contribution >= 4 is 23.8 Å². The summed E-state index contributed by atoms with van der Waals surface area (Å²) in [5.74, 6) is -1.11. The van der Waals surface area contributed by atoms with Gasteiger partial charge in [-0.25, -0.2) is 18.7 Å². The lowest BCUT2D eigenvalue weighted by molar-refractivity contribution is 0.0223. The fourth-order valence-corrected chi connectivity index (χ4v) is 4.49. The summed E-state index contributed by atoms with van der Waals surface area (Å²) in [5.41, 5.74) is 2.44. The molecule has 0 radical (unpaired) electrons. The van der Waals surface area contributed by atoms with Crippen molar-refractivity contribution in [2.75, 3.05) is 11.9 Å². The van der Waals surface area contributed by atoms with E-state index in [-0.39, 0.29) is 24.5 Å². The van der Waals surface area contributed by atoms with Crippen LogP contribution in [0.25, 0.3) is 5.69 Å². The molecular formula is C31H38FN5O5. The van der Waals surface area contributed by atoms with Crippen LogP contribution in [0, 0.1) is 12.7 Å². The number of ether oxygens (including phenoxy) is 2. The van der Waals surface area contributed by atoms with Crippen LogP contribution >= 0.6 is 0 Å². The zero-order valence-corrected chi connectivity index (χ0v) is 25.1. The third kappa shape index (κ3) is 7.86. The van der Waals surface area contributed by atoms with Gasteiger partial charge in [0.1, 0.15) is 22.7 Å². The number of amides is 3. The lowest BCUT2D eigenvalue weighted by Crippen LogP contribution is -2.40. The van der Waals surface area contributed by atoms with Crippen LogP contribution in [0.5, 0.6) is 0 Å². The first-order chi connectivity index (χ1) is 19.6. The number of carbonyl (C=O) groups is 3. The van der Waals surface area contributed by atoms with Crippen LogP contribution in [0.2, 0.25) is 0 Å². The first-order valence-corrected chi connectivity index (χ1v) is 13.8. The Morgan fingerprint density at radius 2 is 1.69 bits per heavy atom. The SMILES string of the molecule is Cc1cc(C(=O)Nc2cc3c(cc2F)CCN(C(=O)OC(C)(C)C)C3)n(-c2cccc(CNC(=O)OC(C)(C)C)c2)n1. The summed E-state index contributed by atoms with van der Waals surface area (Å²) >= 11 is 0. The van der Waals surface area contributed by atoms with Gasteiger partial charge in [-0.2, -0.15) is 5.10 Å². The lowest BCUT2D eigenvalue weighted by atomic mass is 9.99. The van der Waals surface area contributed by atoms with Crippen molar-refractivity contribution in [3.05, 3.63) is 76.4 Å². The molecule has 3 amide bonds. The highest BCUT2D eigenvalue weighted by Crippen LogP contribution is 2.27. The molecule has 11 heteroatoms. The number of halogens is 1. The molecule has 224 valence electrons. The molecule has 2 heterocycles. The number of aryl methyl sites for hydroxylation is 1. The number of alkyl carbamates (subject to hydrolysis) is 1. The van der Waals surface area contributed by atoms with E-state index in [1.165, 1.54) is 10.7 Å². The molecule has 0 unspecified atom stereocenters. The number of benzene rings is 2. The molecule has 0 bridgehead atoms. The smallest absolute Gasteiger partial charge is 0.410 e.